The number of ether oxygens (including phenoxy) is 1. The average molecular weight is 275 g/mol. The predicted octanol–water partition coefficient (Wildman–Crippen LogP) is 2.99. The van der Waals surface area contributed by atoms with E-state index in [0.29, 0.717) is 12.6 Å². The third-order valence-electron chi connectivity index (χ3n) is 3.35. The molecule has 1 aliphatic carbocycles. The predicted molar refractivity (Wildman–Crippen MR) is 76.1 cm³/mol. The Hall–Kier alpha value is -1.46. The Balaban J connectivity index is 1.70. The minimum atomic E-state index is 0.399. The molecule has 1 heterocycles. The van der Waals surface area contributed by atoms with Crippen molar-refractivity contribution in [1.82, 2.24) is 10.2 Å². The molecule has 1 aliphatic rings. The van der Waals surface area contributed by atoms with Gasteiger partial charge in [-0.1, -0.05) is 11.3 Å². The monoisotopic (exact) mass is 275 g/mol. The molecule has 4 nitrogen and oxygen atoms in total. The molecule has 5 heteroatoms. The molecule has 19 heavy (non-hydrogen) atoms. The van der Waals surface area contributed by atoms with Crippen LogP contribution < -0.4 is 10.5 Å². The molecule has 0 spiro atoms. The summed E-state index contributed by atoms with van der Waals surface area (Å²) in [6, 6.07) is 8.09. The molecule has 100 valence electrons. The lowest BCUT2D eigenvalue weighted by Crippen LogP contribution is -2.10. The topological polar surface area (TPSA) is 61.0 Å². The molecule has 1 saturated carbocycles. The maximum atomic E-state index is 5.94. The lowest BCUT2D eigenvalue weighted by molar-refractivity contribution is 0.210. The van der Waals surface area contributed by atoms with E-state index in [-0.39, 0.29) is 0 Å². The molecule has 2 aromatic rings. The van der Waals surface area contributed by atoms with Crippen LogP contribution in [-0.4, -0.2) is 16.3 Å². The van der Waals surface area contributed by atoms with Crippen LogP contribution in [0.4, 0.5) is 0 Å². The summed E-state index contributed by atoms with van der Waals surface area (Å²) in [5, 5.41) is 9.94. The first kappa shape index (κ1) is 12.6. The van der Waals surface area contributed by atoms with E-state index in [2.05, 4.69) is 10.2 Å². The van der Waals surface area contributed by atoms with Crippen molar-refractivity contribution in [2.75, 3.05) is 0 Å². The number of hydrogen-bond donors (Lipinski definition) is 1. The van der Waals surface area contributed by atoms with Crippen molar-refractivity contribution >= 4 is 11.3 Å². The van der Waals surface area contributed by atoms with Crippen molar-refractivity contribution in [2.45, 2.75) is 38.3 Å². The zero-order valence-electron chi connectivity index (χ0n) is 10.7. The quantitative estimate of drug-likeness (QED) is 0.931. The Labute approximate surface area is 116 Å². The van der Waals surface area contributed by atoms with Crippen molar-refractivity contribution in [3.05, 3.63) is 29.3 Å². The number of nitrogens with two attached hydrogens (primary N) is 1. The van der Waals surface area contributed by atoms with Crippen LogP contribution in [0.15, 0.2) is 24.3 Å². The van der Waals surface area contributed by atoms with Crippen LogP contribution in [0.5, 0.6) is 5.75 Å². The highest BCUT2D eigenvalue weighted by molar-refractivity contribution is 7.14. The van der Waals surface area contributed by atoms with Crippen molar-refractivity contribution in [2.24, 2.45) is 5.73 Å². The zero-order valence-corrected chi connectivity index (χ0v) is 11.5. The highest BCUT2D eigenvalue weighted by Crippen LogP contribution is 2.28. The van der Waals surface area contributed by atoms with Gasteiger partial charge in [-0.3, -0.25) is 0 Å². The minimum absolute atomic E-state index is 0.399. The van der Waals surface area contributed by atoms with E-state index in [1.165, 1.54) is 37.0 Å². The van der Waals surface area contributed by atoms with E-state index in [9.17, 15) is 0 Å². The third-order valence-corrected chi connectivity index (χ3v) is 4.34. The largest absolute Gasteiger partial charge is 0.490 e. The average Bonchev–Trinajstić information content (AvgIpc) is 3.10. The van der Waals surface area contributed by atoms with Crippen LogP contribution in [-0.2, 0) is 6.54 Å². The van der Waals surface area contributed by atoms with E-state index in [0.717, 1.165) is 21.3 Å². The van der Waals surface area contributed by atoms with Gasteiger partial charge in [-0.15, -0.1) is 10.2 Å². The summed E-state index contributed by atoms with van der Waals surface area (Å²) < 4.78 is 5.94. The number of nitrogens with zero attached hydrogens (tertiary/aromatic N) is 2. The molecule has 0 saturated heterocycles. The molecular weight excluding hydrogens is 258 g/mol. The first-order valence-corrected chi connectivity index (χ1v) is 7.46. The Bertz CT molecular complexity index is 532. The van der Waals surface area contributed by atoms with E-state index in [4.69, 9.17) is 10.5 Å². The molecule has 2 N–H and O–H groups in total. The summed E-state index contributed by atoms with van der Waals surface area (Å²) in [5.74, 6) is 0.944. The highest BCUT2D eigenvalue weighted by Gasteiger charge is 2.16. The van der Waals surface area contributed by atoms with E-state index >= 15 is 0 Å². The van der Waals surface area contributed by atoms with E-state index in [1.807, 2.05) is 24.3 Å². The van der Waals surface area contributed by atoms with Crippen LogP contribution in [0.1, 0.15) is 30.7 Å². The second-order valence-corrected chi connectivity index (χ2v) is 5.82. The van der Waals surface area contributed by atoms with Gasteiger partial charge in [0, 0.05) is 12.1 Å². The number of benzene rings is 1. The van der Waals surface area contributed by atoms with Crippen LogP contribution in [0.25, 0.3) is 10.6 Å². The summed E-state index contributed by atoms with van der Waals surface area (Å²) in [5.41, 5.74) is 6.61. The van der Waals surface area contributed by atoms with Crippen molar-refractivity contribution < 1.29 is 4.74 Å². The molecule has 1 aromatic heterocycles. The third kappa shape index (κ3) is 2.93. The lowest BCUT2D eigenvalue weighted by atomic mass is 10.2. The maximum Gasteiger partial charge on any atom is 0.147 e. The van der Waals surface area contributed by atoms with Gasteiger partial charge in [0.05, 0.1) is 6.10 Å². The summed E-state index contributed by atoms with van der Waals surface area (Å²) in [4.78, 5) is 0. The molecule has 0 amide bonds. The summed E-state index contributed by atoms with van der Waals surface area (Å²) in [6.07, 6.45) is 5.33. The fraction of sp³-hybridized carbons (Fsp3) is 0.429. The second-order valence-electron chi connectivity index (χ2n) is 4.75. The van der Waals surface area contributed by atoms with Crippen LogP contribution in [0.2, 0.25) is 0 Å². The SMILES string of the molecule is NCc1nnc(-c2ccc(OC3CCCC3)cc2)s1. The van der Waals surface area contributed by atoms with Gasteiger partial charge < -0.3 is 10.5 Å². The van der Waals surface area contributed by atoms with Crippen LogP contribution >= 0.6 is 11.3 Å². The molecular formula is C14H17N3OS. The molecule has 0 aliphatic heterocycles. The van der Waals surface area contributed by atoms with Gasteiger partial charge in [-0.25, -0.2) is 0 Å². The highest BCUT2D eigenvalue weighted by atomic mass is 32.1. The minimum Gasteiger partial charge on any atom is -0.490 e. The van der Waals surface area contributed by atoms with E-state index < -0.39 is 0 Å². The van der Waals surface area contributed by atoms with Gasteiger partial charge in [-0.2, -0.15) is 0 Å². The Morgan fingerprint density at radius 2 is 1.89 bits per heavy atom. The van der Waals surface area contributed by atoms with Gasteiger partial charge in [-0.05, 0) is 49.9 Å². The summed E-state index contributed by atoms with van der Waals surface area (Å²) in [7, 11) is 0. The fourth-order valence-corrected chi connectivity index (χ4v) is 3.05. The molecule has 1 aromatic carbocycles. The first-order chi connectivity index (χ1) is 9.35. The molecule has 3 rings (SSSR count). The Morgan fingerprint density at radius 3 is 2.53 bits per heavy atom. The standard InChI is InChI=1S/C14H17N3OS/c15-9-13-16-17-14(19-13)10-5-7-12(8-6-10)18-11-3-1-2-4-11/h5-8,11H,1-4,9,15H2. The lowest BCUT2D eigenvalue weighted by Gasteiger charge is -2.12. The van der Waals surface area contributed by atoms with Crippen molar-refractivity contribution in [3.8, 4) is 16.3 Å². The van der Waals surface area contributed by atoms with Crippen LogP contribution in [0, 0.1) is 0 Å². The van der Waals surface area contributed by atoms with Gasteiger partial charge in [0.15, 0.2) is 0 Å². The Morgan fingerprint density at radius 1 is 1.16 bits per heavy atom. The summed E-state index contributed by atoms with van der Waals surface area (Å²) >= 11 is 1.54. The van der Waals surface area contributed by atoms with Gasteiger partial charge in [0.25, 0.3) is 0 Å². The molecule has 0 radical (unpaired) electrons. The van der Waals surface area contributed by atoms with Crippen molar-refractivity contribution in [3.63, 3.8) is 0 Å². The first-order valence-electron chi connectivity index (χ1n) is 6.64. The molecule has 0 atom stereocenters. The Kier molecular flexibility index (Phi) is 3.75. The van der Waals surface area contributed by atoms with Gasteiger partial charge in [0.1, 0.15) is 15.8 Å². The number of hydrogen-bond acceptors (Lipinski definition) is 5. The molecule has 0 bridgehead atoms. The number of rotatable bonds is 4. The molecule has 0 unspecified atom stereocenters. The smallest absolute Gasteiger partial charge is 0.147 e. The maximum absolute atomic E-state index is 5.94. The van der Waals surface area contributed by atoms with Crippen molar-refractivity contribution in [1.29, 1.82) is 0 Å². The normalized spacial score (nSPS) is 15.8. The van der Waals surface area contributed by atoms with Gasteiger partial charge >= 0.3 is 0 Å². The second kappa shape index (κ2) is 5.67. The van der Waals surface area contributed by atoms with Crippen LogP contribution in [0.3, 0.4) is 0 Å². The van der Waals surface area contributed by atoms with E-state index in [1.54, 1.807) is 0 Å². The number of aromatic nitrogens is 2. The fourth-order valence-electron chi connectivity index (χ4n) is 2.33. The zero-order chi connectivity index (χ0) is 13.1. The molecule has 1 fully saturated rings. The summed E-state index contributed by atoms with van der Waals surface area (Å²) in [6.45, 7) is 0.445. The van der Waals surface area contributed by atoms with Gasteiger partial charge in [0.2, 0.25) is 0 Å².